The highest BCUT2D eigenvalue weighted by Crippen LogP contribution is 2.51. The second kappa shape index (κ2) is 8.80. The molecule has 2 fully saturated rings. The molecule has 2 aromatic rings. The van der Waals surface area contributed by atoms with Gasteiger partial charge in [0.25, 0.3) is 0 Å². The summed E-state index contributed by atoms with van der Waals surface area (Å²) in [6.07, 6.45) is 4.25. The number of ether oxygens (including phenoxy) is 3. The quantitative estimate of drug-likeness (QED) is 0.611. The topological polar surface area (TPSA) is 77.1 Å². The highest BCUT2D eigenvalue weighted by Gasteiger charge is 2.66. The van der Waals surface area contributed by atoms with Crippen LogP contribution in [-0.4, -0.2) is 55.7 Å². The van der Waals surface area contributed by atoms with Gasteiger partial charge >= 0.3 is 0 Å². The van der Waals surface area contributed by atoms with Crippen LogP contribution in [0.15, 0.2) is 54.6 Å². The largest absolute Gasteiger partial charge is 0.493 e. The maximum absolute atomic E-state index is 13.4. The van der Waals surface area contributed by atoms with Crippen molar-refractivity contribution in [3.63, 3.8) is 0 Å². The fraction of sp³-hybridized carbons (Fsp3) is 0.407. The second-order valence-corrected chi connectivity index (χ2v) is 9.30. The Labute approximate surface area is 199 Å². The molecule has 2 aromatic carbocycles. The molecule has 7 nitrogen and oxygen atoms in total. The Bertz CT molecular complexity index is 1130. The molecule has 3 heterocycles. The molecule has 1 N–H and O–H groups in total. The van der Waals surface area contributed by atoms with E-state index in [1.165, 1.54) is 5.56 Å². The Morgan fingerprint density at radius 3 is 2.59 bits per heavy atom. The maximum atomic E-state index is 13.4. The molecule has 3 aliphatic heterocycles. The number of methoxy groups -OCH3 is 2. The Kier molecular flexibility index (Phi) is 5.81. The van der Waals surface area contributed by atoms with Crippen molar-refractivity contribution in [1.29, 1.82) is 0 Å². The molecule has 7 heteroatoms. The van der Waals surface area contributed by atoms with Gasteiger partial charge in [-0.05, 0) is 36.6 Å². The zero-order valence-corrected chi connectivity index (χ0v) is 19.7. The van der Waals surface area contributed by atoms with Crippen molar-refractivity contribution >= 4 is 11.8 Å². The maximum Gasteiger partial charge on any atom is 0.230 e. The van der Waals surface area contributed by atoms with Crippen LogP contribution < -0.4 is 14.8 Å². The molecule has 0 aliphatic carbocycles. The number of carbonyl (C=O) groups excluding carboxylic acids is 2. The van der Waals surface area contributed by atoms with Crippen molar-refractivity contribution in [2.45, 2.75) is 31.6 Å². The molecule has 4 atom stereocenters. The minimum absolute atomic E-state index is 0.0113. The van der Waals surface area contributed by atoms with Gasteiger partial charge in [-0.3, -0.25) is 9.59 Å². The minimum Gasteiger partial charge on any atom is -0.493 e. The van der Waals surface area contributed by atoms with Crippen molar-refractivity contribution in [3.8, 4) is 11.5 Å². The first-order valence-electron chi connectivity index (χ1n) is 11.6. The van der Waals surface area contributed by atoms with Crippen LogP contribution in [0.1, 0.15) is 16.7 Å². The number of nitrogens with zero attached hydrogens (tertiary/aromatic N) is 1. The summed E-state index contributed by atoms with van der Waals surface area (Å²) >= 11 is 0. The van der Waals surface area contributed by atoms with Crippen LogP contribution >= 0.6 is 0 Å². The summed E-state index contributed by atoms with van der Waals surface area (Å²) < 4.78 is 16.9. The van der Waals surface area contributed by atoms with E-state index >= 15 is 0 Å². The molecule has 2 unspecified atom stereocenters. The highest BCUT2D eigenvalue weighted by molar-refractivity contribution is 5.93. The fourth-order valence-corrected chi connectivity index (χ4v) is 5.38. The molecule has 2 bridgehead atoms. The second-order valence-electron chi connectivity index (χ2n) is 9.30. The van der Waals surface area contributed by atoms with Crippen LogP contribution in [-0.2, 0) is 27.3 Å². The number of aryl methyl sites for hydroxylation is 1. The van der Waals surface area contributed by atoms with Crippen molar-refractivity contribution < 1.29 is 23.8 Å². The van der Waals surface area contributed by atoms with Gasteiger partial charge in [-0.15, -0.1) is 0 Å². The Morgan fingerprint density at radius 1 is 1.12 bits per heavy atom. The lowest BCUT2D eigenvalue weighted by molar-refractivity contribution is -0.137. The van der Waals surface area contributed by atoms with E-state index in [1.807, 2.05) is 66.4 Å². The van der Waals surface area contributed by atoms with Crippen molar-refractivity contribution in [2.24, 2.45) is 11.8 Å². The number of amides is 2. The van der Waals surface area contributed by atoms with E-state index in [9.17, 15) is 9.59 Å². The normalized spacial score (nSPS) is 26.6. The third-order valence-corrected chi connectivity index (χ3v) is 7.19. The number of benzene rings is 2. The van der Waals surface area contributed by atoms with Gasteiger partial charge in [0.05, 0.1) is 38.7 Å². The third-order valence-electron chi connectivity index (χ3n) is 7.19. The molecule has 34 heavy (non-hydrogen) atoms. The molecular formula is C27H30N2O5. The summed E-state index contributed by atoms with van der Waals surface area (Å²) in [4.78, 5) is 28.4. The fourth-order valence-electron chi connectivity index (χ4n) is 5.38. The average Bonchev–Trinajstić information content (AvgIpc) is 3.50. The summed E-state index contributed by atoms with van der Waals surface area (Å²) in [5.74, 6) is 0.213. The van der Waals surface area contributed by atoms with E-state index in [4.69, 9.17) is 14.2 Å². The number of hydrogen-bond donors (Lipinski definition) is 1. The standard InChI is InChI=1S/C27H30N2O5/c1-17-4-6-19(7-5-17)15-28-25(30)23-21-10-12-27(34-21)16-29(26(31)24(23)27)13-11-18-8-9-20(32-2)22(14-18)33-3/h4-10,12,14,21,23-24H,11,13,15-16H2,1-3H3,(H,28,30)/t21-,23?,24-,27?/m0/s1. The van der Waals surface area contributed by atoms with E-state index in [-0.39, 0.29) is 17.9 Å². The lowest BCUT2D eigenvalue weighted by atomic mass is 9.77. The molecule has 5 rings (SSSR count). The average molecular weight is 463 g/mol. The van der Waals surface area contributed by atoms with Crippen LogP contribution in [0.5, 0.6) is 11.5 Å². The number of nitrogens with one attached hydrogen (secondary N) is 1. The van der Waals surface area contributed by atoms with Crippen LogP contribution in [0.2, 0.25) is 0 Å². The molecule has 0 aromatic heterocycles. The van der Waals surface area contributed by atoms with Gasteiger partial charge in [-0.1, -0.05) is 48.0 Å². The minimum atomic E-state index is -0.703. The SMILES string of the molecule is COc1ccc(CCN2CC34C=C[C@H](O3)C(C(=O)NCc3ccc(C)cc3)[C@H]4C2=O)cc1OC. The number of fused-ring (bicyclic) bond motifs is 1. The van der Waals surface area contributed by atoms with Crippen molar-refractivity contribution in [3.05, 3.63) is 71.3 Å². The van der Waals surface area contributed by atoms with Crippen LogP contribution in [0.25, 0.3) is 0 Å². The Morgan fingerprint density at radius 2 is 1.85 bits per heavy atom. The monoisotopic (exact) mass is 462 g/mol. The predicted molar refractivity (Wildman–Crippen MR) is 127 cm³/mol. The van der Waals surface area contributed by atoms with E-state index in [0.717, 1.165) is 11.1 Å². The van der Waals surface area contributed by atoms with Crippen LogP contribution in [0, 0.1) is 18.8 Å². The van der Waals surface area contributed by atoms with Gasteiger partial charge in [0.15, 0.2) is 11.5 Å². The number of hydrogen-bond acceptors (Lipinski definition) is 5. The molecule has 1 spiro atoms. The van der Waals surface area contributed by atoms with E-state index in [1.54, 1.807) is 14.2 Å². The van der Waals surface area contributed by atoms with E-state index < -0.39 is 17.4 Å². The third kappa shape index (κ3) is 3.84. The summed E-state index contributed by atoms with van der Waals surface area (Å²) in [6.45, 7) is 3.48. The van der Waals surface area contributed by atoms with Crippen LogP contribution in [0.3, 0.4) is 0 Å². The smallest absolute Gasteiger partial charge is 0.230 e. The number of rotatable bonds is 8. The summed E-state index contributed by atoms with van der Waals surface area (Å²) in [5, 5.41) is 3.02. The van der Waals surface area contributed by atoms with Gasteiger partial charge in [-0.25, -0.2) is 0 Å². The summed E-state index contributed by atoms with van der Waals surface area (Å²) in [5.41, 5.74) is 2.55. The first-order chi connectivity index (χ1) is 16.4. The number of likely N-dealkylation sites (tertiary alicyclic amines) is 1. The van der Waals surface area contributed by atoms with E-state index in [0.29, 0.717) is 37.6 Å². The molecular weight excluding hydrogens is 432 g/mol. The van der Waals surface area contributed by atoms with Gasteiger partial charge in [-0.2, -0.15) is 0 Å². The van der Waals surface area contributed by atoms with Gasteiger partial charge < -0.3 is 24.4 Å². The van der Waals surface area contributed by atoms with E-state index in [2.05, 4.69) is 5.32 Å². The Balaban J connectivity index is 1.25. The lowest BCUT2D eigenvalue weighted by Gasteiger charge is -2.23. The Hall–Kier alpha value is -3.32. The molecule has 3 aliphatic rings. The van der Waals surface area contributed by atoms with Crippen LogP contribution in [0.4, 0.5) is 0 Å². The highest BCUT2D eigenvalue weighted by atomic mass is 16.5. The summed E-state index contributed by atoms with van der Waals surface area (Å²) in [7, 11) is 3.21. The molecule has 2 saturated heterocycles. The molecule has 178 valence electrons. The van der Waals surface area contributed by atoms with Gasteiger partial charge in [0.2, 0.25) is 11.8 Å². The van der Waals surface area contributed by atoms with Crippen molar-refractivity contribution in [1.82, 2.24) is 10.2 Å². The lowest BCUT2D eigenvalue weighted by Crippen LogP contribution is -2.44. The predicted octanol–water partition coefficient (Wildman–Crippen LogP) is 2.65. The summed E-state index contributed by atoms with van der Waals surface area (Å²) in [6, 6.07) is 13.8. The molecule has 0 saturated carbocycles. The molecule has 2 amide bonds. The first-order valence-corrected chi connectivity index (χ1v) is 11.6. The number of carbonyl (C=O) groups is 2. The molecule has 0 radical (unpaired) electrons. The first kappa shape index (κ1) is 22.5. The zero-order chi connectivity index (χ0) is 23.9. The van der Waals surface area contributed by atoms with Gasteiger partial charge in [0, 0.05) is 13.1 Å². The zero-order valence-electron chi connectivity index (χ0n) is 19.7. The van der Waals surface area contributed by atoms with Crippen molar-refractivity contribution in [2.75, 3.05) is 27.3 Å². The van der Waals surface area contributed by atoms with Gasteiger partial charge in [0.1, 0.15) is 5.60 Å².